The van der Waals surface area contributed by atoms with E-state index in [1.54, 1.807) is 13.8 Å². The molecular formula is C16H27N3O2. The molecule has 0 fully saturated rings. The summed E-state index contributed by atoms with van der Waals surface area (Å²) in [4.78, 5) is 14.3. The van der Waals surface area contributed by atoms with E-state index >= 15 is 0 Å². The zero-order chi connectivity index (χ0) is 16.0. The Hall–Kier alpha value is -1.43. The van der Waals surface area contributed by atoms with Crippen LogP contribution < -0.4 is 11.1 Å². The fraction of sp³-hybridized carbons (Fsp3) is 0.562. The Morgan fingerprint density at radius 2 is 2.05 bits per heavy atom. The third-order valence-electron chi connectivity index (χ3n) is 3.42. The molecule has 1 unspecified atom stereocenters. The molecular weight excluding hydrogens is 266 g/mol. The van der Waals surface area contributed by atoms with Crippen molar-refractivity contribution in [1.29, 1.82) is 0 Å². The summed E-state index contributed by atoms with van der Waals surface area (Å²) in [6.07, 6.45) is 0. The highest BCUT2D eigenvalue weighted by molar-refractivity contribution is 5.95. The second kappa shape index (κ2) is 7.54. The normalized spacial score (nSPS) is 13.3. The first-order valence-electron chi connectivity index (χ1n) is 7.33. The summed E-state index contributed by atoms with van der Waals surface area (Å²) in [5.74, 6) is -0.0954. The van der Waals surface area contributed by atoms with Gasteiger partial charge in [0, 0.05) is 18.8 Å². The number of hydrogen-bond donors (Lipinski definition) is 3. The first kappa shape index (κ1) is 17.6. The number of rotatable bonds is 7. The van der Waals surface area contributed by atoms with Crippen molar-refractivity contribution in [2.75, 3.05) is 18.4 Å². The van der Waals surface area contributed by atoms with Crippen LogP contribution >= 0.6 is 0 Å². The molecule has 0 aromatic heterocycles. The molecule has 1 amide bonds. The number of hydrogen-bond acceptors (Lipinski definition) is 4. The first-order chi connectivity index (χ1) is 9.78. The van der Waals surface area contributed by atoms with Crippen LogP contribution in [0.2, 0.25) is 0 Å². The van der Waals surface area contributed by atoms with E-state index in [1.165, 1.54) is 0 Å². The van der Waals surface area contributed by atoms with Gasteiger partial charge in [-0.25, -0.2) is 0 Å². The van der Waals surface area contributed by atoms with Crippen LogP contribution in [0.3, 0.4) is 0 Å². The summed E-state index contributed by atoms with van der Waals surface area (Å²) >= 11 is 0. The Bertz CT molecular complexity index is 469. The Morgan fingerprint density at radius 1 is 1.43 bits per heavy atom. The van der Waals surface area contributed by atoms with Crippen LogP contribution in [-0.2, 0) is 11.3 Å². The second-order valence-electron chi connectivity index (χ2n) is 5.90. The zero-order valence-electron chi connectivity index (χ0n) is 13.4. The van der Waals surface area contributed by atoms with Gasteiger partial charge < -0.3 is 16.2 Å². The number of nitrogens with one attached hydrogen (secondary N) is 1. The van der Waals surface area contributed by atoms with E-state index < -0.39 is 5.60 Å². The van der Waals surface area contributed by atoms with Gasteiger partial charge in [0.2, 0.25) is 5.91 Å². The number of anilines is 1. The number of aliphatic hydroxyl groups is 1. The minimum absolute atomic E-state index is 0.0954. The molecule has 1 rings (SSSR count). The molecule has 1 aromatic rings. The Labute approximate surface area is 127 Å². The maximum Gasteiger partial charge on any atom is 0.241 e. The van der Waals surface area contributed by atoms with Crippen molar-refractivity contribution in [3.8, 4) is 0 Å². The van der Waals surface area contributed by atoms with Crippen molar-refractivity contribution in [2.45, 2.75) is 45.9 Å². The predicted molar refractivity (Wildman–Crippen MR) is 86.0 cm³/mol. The molecule has 0 heterocycles. The lowest BCUT2D eigenvalue weighted by molar-refractivity contribution is -0.121. The van der Waals surface area contributed by atoms with Gasteiger partial charge in [-0.1, -0.05) is 25.1 Å². The fourth-order valence-electron chi connectivity index (χ4n) is 2.24. The van der Waals surface area contributed by atoms with Crippen LogP contribution in [0.15, 0.2) is 24.3 Å². The Kier molecular flexibility index (Phi) is 6.33. The van der Waals surface area contributed by atoms with Gasteiger partial charge in [-0.15, -0.1) is 0 Å². The summed E-state index contributed by atoms with van der Waals surface area (Å²) in [5, 5.41) is 12.9. The van der Waals surface area contributed by atoms with Crippen LogP contribution in [0.4, 0.5) is 5.69 Å². The summed E-state index contributed by atoms with van der Waals surface area (Å²) in [6, 6.07) is 7.18. The van der Waals surface area contributed by atoms with Crippen LogP contribution in [0.5, 0.6) is 0 Å². The molecule has 0 radical (unpaired) electrons. The molecule has 21 heavy (non-hydrogen) atoms. The van der Waals surface area contributed by atoms with Crippen LogP contribution in [0, 0.1) is 0 Å². The second-order valence-corrected chi connectivity index (χ2v) is 5.90. The minimum Gasteiger partial charge on any atom is -0.389 e. The monoisotopic (exact) mass is 293 g/mol. The van der Waals surface area contributed by atoms with Crippen molar-refractivity contribution in [3.05, 3.63) is 29.8 Å². The van der Waals surface area contributed by atoms with E-state index in [-0.39, 0.29) is 11.9 Å². The number of benzene rings is 1. The maximum absolute atomic E-state index is 12.4. The topological polar surface area (TPSA) is 78.6 Å². The third kappa shape index (κ3) is 5.46. The van der Waals surface area contributed by atoms with Gasteiger partial charge in [0.05, 0.1) is 11.6 Å². The van der Waals surface area contributed by atoms with Gasteiger partial charge in [0.1, 0.15) is 0 Å². The number of nitrogens with zero attached hydrogens (tertiary/aromatic N) is 1. The molecule has 5 heteroatoms. The zero-order valence-corrected chi connectivity index (χ0v) is 13.4. The lowest BCUT2D eigenvalue weighted by atomic mass is 10.1. The maximum atomic E-state index is 12.4. The Morgan fingerprint density at radius 3 is 2.57 bits per heavy atom. The van der Waals surface area contributed by atoms with E-state index in [2.05, 4.69) is 5.32 Å². The van der Waals surface area contributed by atoms with Crippen molar-refractivity contribution in [2.24, 2.45) is 5.73 Å². The van der Waals surface area contributed by atoms with Crippen LogP contribution in [0.1, 0.15) is 33.3 Å². The van der Waals surface area contributed by atoms with Gasteiger partial charge in [0.15, 0.2) is 0 Å². The molecule has 0 aliphatic carbocycles. The molecule has 0 spiro atoms. The van der Waals surface area contributed by atoms with Gasteiger partial charge in [-0.3, -0.25) is 9.69 Å². The molecule has 118 valence electrons. The van der Waals surface area contributed by atoms with Crippen molar-refractivity contribution >= 4 is 11.6 Å². The predicted octanol–water partition coefficient (Wildman–Crippen LogP) is 1.57. The highest BCUT2D eigenvalue weighted by atomic mass is 16.3. The highest BCUT2D eigenvalue weighted by Crippen LogP contribution is 2.16. The quantitative estimate of drug-likeness (QED) is 0.713. The molecule has 0 bridgehead atoms. The lowest BCUT2D eigenvalue weighted by Gasteiger charge is -2.32. The number of carbonyl (C=O) groups excluding carboxylic acids is 1. The lowest BCUT2D eigenvalue weighted by Crippen LogP contribution is -2.48. The molecule has 4 N–H and O–H groups in total. The number of likely N-dealkylation sites (N-methyl/N-ethyl adjacent to an activating group) is 1. The average Bonchev–Trinajstić information content (AvgIpc) is 2.43. The fourth-order valence-corrected chi connectivity index (χ4v) is 2.24. The largest absolute Gasteiger partial charge is 0.389 e. The molecule has 0 aliphatic rings. The molecule has 0 aliphatic heterocycles. The summed E-state index contributed by atoms with van der Waals surface area (Å²) < 4.78 is 0. The smallest absolute Gasteiger partial charge is 0.241 e. The molecule has 0 saturated carbocycles. The molecule has 1 aromatic carbocycles. The molecule has 1 atom stereocenters. The SMILES string of the molecule is CCN(CC(C)(C)O)C(C)C(=O)Nc1ccccc1CN. The standard InChI is InChI=1S/C16H27N3O2/c1-5-19(11-16(3,4)21)12(2)15(20)18-14-9-7-6-8-13(14)10-17/h6-9,12,21H,5,10-11,17H2,1-4H3,(H,18,20). The van der Waals surface area contributed by atoms with Crippen molar-refractivity contribution in [3.63, 3.8) is 0 Å². The minimum atomic E-state index is -0.834. The summed E-state index contributed by atoms with van der Waals surface area (Å²) in [7, 11) is 0. The van der Waals surface area contributed by atoms with E-state index in [4.69, 9.17) is 5.73 Å². The molecule has 5 nitrogen and oxygen atoms in total. The van der Waals surface area contributed by atoms with E-state index in [0.717, 1.165) is 11.3 Å². The van der Waals surface area contributed by atoms with Crippen LogP contribution in [-0.4, -0.2) is 40.6 Å². The number of nitrogens with two attached hydrogens (primary N) is 1. The van der Waals surface area contributed by atoms with E-state index in [9.17, 15) is 9.90 Å². The number of para-hydroxylation sites is 1. The van der Waals surface area contributed by atoms with Gasteiger partial charge in [0.25, 0.3) is 0 Å². The van der Waals surface area contributed by atoms with Gasteiger partial charge in [-0.05, 0) is 38.9 Å². The number of amides is 1. The Balaban J connectivity index is 2.77. The highest BCUT2D eigenvalue weighted by Gasteiger charge is 2.25. The average molecular weight is 293 g/mol. The number of carbonyl (C=O) groups is 1. The van der Waals surface area contributed by atoms with E-state index in [0.29, 0.717) is 19.6 Å². The first-order valence-corrected chi connectivity index (χ1v) is 7.33. The van der Waals surface area contributed by atoms with Gasteiger partial charge >= 0.3 is 0 Å². The van der Waals surface area contributed by atoms with Crippen molar-refractivity contribution in [1.82, 2.24) is 4.90 Å². The molecule has 0 saturated heterocycles. The van der Waals surface area contributed by atoms with E-state index in [1.807, 2.05) is 43.0 Å². The third-order valence-corrected chi connectivity index (χ3v) is 3.42. The van der Waals surface area contributed by atoms with Crippen LogP contribution in [0.25, 0.3) is 0 Å². The van der Waals surface area contributed by atoms with Gasteiger partial charge in [-0.2, -0.15) is 0 Å². The van der Waals surface area contributed by atoms with Crippen molar-refractivity contribution < 1.29 is 9.90 Å². The summed E-state index contributed by atoms with van der Waals surface area (Å²) in [5.41, 5.74) is 6.50. The summed E-state index contributed by atoms with van der Waals surface area (Å²) in [6.45, 7) is 8.81.